The summed E-state index contributed by atoms with van der Waals surface area (Å²) in [7, 11) is 0. The van der Waals surface area contributed by atoms with Crippen LogP contribution in [0.3, 0.4) is 0 Å². The number of rotatable bonds is 4. The van der Waals surface area contributed by atoms with Crippen molar-refractivity contribution in [2.75, 3.05) is 6.79 Å². The number of benzene rings is 2. The largest absolute Gasteiger partial charge is 0.457 e. The predicted molar refractivity (Wildman–Crippen MR) is 84.8 cm³/mol. The van der Waals surface area contributed by atoms with E-state index in [0.717, 1.165) is 6.07 Å². The van der Waals surface area contributed by atoms with Crippen LogP contribution in [0.2, 0.25) is 10.0 Å². The third kappa shape index (κ3) is 3.22. The van der Waals surface area contributed by atoms with Gasteiger partial charge in [0.25, 0.3) is 5.69 Å². The van der Waals surface area contributed by atoms with Gasteiger partial charge in [-0.15, -0.1) is 0 Å². The van der Waals surface area contributed by atoms with Crippen LogP contribution < -0.4 is 9.47 Å². The Kier molecular flexibility index (Phi) is 4.46. The Morgan fingerprint density at radius 1 is 1.17 bits per heavy atom. The molecule has 0 atom stereocenters. The molecule has 3 rings (SSSR count). The zero-order valence-corrected chi connectivity index (χ0v) is 13.5. The summed E-state index contributed by atoms with van der Waals surface area (Å²) < 4.78 is 15.3. The van der Waals surface area contributed by atoms with Crippen molar-refractivity contribution >= 4 is 34.9 Å². The molecule has 1 aliphatic heterocycles. The van der Waals surface area contributed by atoms with Gasteiger partial charge in [-0.05, 0) is 17.7 Å². The number of nitro benzene ring substituents is 1. The van der Waals surface area contributed by atoms with E-state index in [2.05, 4.69) is 0 Å². The molecule has 0 saturated carbocycles. The minimum absolute atomic E-state index is 0.0612. The number of nitro groups is 1. The molecule has 9 heteroatoms. The van der Waals surface area contributed by atoms with Gasteiger partial charge in [0.2, 0.25) is 6.79 Å². The number of hydrogen-bond donors (Lipinski definition) is 0. The van der Waals surface area contributed by atoms with Gasteiger partial charge in [-0.2, -0.15) is 0 Å². The van der Waals surface area contributed by atoms with Crippen molar-refractivity contribution in [1.29, 1.82) is 0 Å². The normalized spacial score (nSPS) is 12.1. The van der Waals surface area contributed by atoms with Gasteiger partial charge in [-0.1, -0.05) is 29.3 Å². The third-order valence-electron chi connectivity index (χ3n) is 3.26. The van der Waals surface area contributed by atoms with Crippen molar-refractivity contribution in [3.05, 3.63) is 61.6 Å². The second kappa shape index (κ2) is 6.54. The number of carbonyl (C=O) groups is 1. The first-order valence-corrected chi connectivity index (χ1v) is 7.40. The molecule has 2 aromatic rings. The van der Waals surface area contributed by atoms with Crippen LogP contribution in [0.5, 0.6) is 11.5 Å². The fourth-order valence-electron chi connectivity index (χ4n) is 2.10. The Labute approximate surface area is 145 Å². The molecule has 2 aromatic carbocycles. The van der Waals surface area contributed by atoms with Crippen LogP contribution in [0.1, 0.15) is 15.9 Å². The van der Waals surface area contributed by atoms with Crippen LogP contribution in [0.15, 0.2) is 30.3 Å². The van der Waals surface area contributed by atoms with Gasteiger partial charge in [0.15, 0.2) is 11.5 Å². The lowest BCUT2D eigenvalue weighted by Gasteiger charge is -2.07. The van der Waals surface area contributed by atoms with Crippen molar-refractivity contribution < 1.29 is 23.9 Å². The van der Waals surface area contributed by atoms with Crippen LogP contribution in [-0.2, 0) is 11.3 Å². The number of esters is 1. The van der Waals surface area contributed by atoms with Gasteiger partial charge < -0.3 is 14.2 Å². The molecule has 0 saturated heterocycles. The van der Waals surface area contributed by atoms with Crippen LogP contribution in [0.25, 0.3) is 0 Å². The van der Waals surface area contributed by atoms with E-state index >= 15 is 0 Å². The topological polar surface area (TPSA) is 87.9 Å². The summed E-state index contributed by atoms with van der Waals surface area (Å²) in [6.45, 7) is -0.171. The first-order chi connectivity index (χ1) is 11.5. The van der Waals surface area contributed by atoms with Crippen molar-refractivity contribution in [3.8, 4) is 11.5 Å². The average Bonchev–Trinajstić information content (AvgIpc) is 3.01. The van der Waals surface area contributed by atoms with E-state index in [0.29, 0.717) is 15.6 Å². The summed E-state index contributed by atoms with van der Waals surface area (Å²) >= 11 is 11.7. The van der Waals surface area contributed by atoms with Crippen molar-refractivity contribution in [2.24, 2.45) is 0 Å². The maximum Gasteiger partial charge on any atom is 0.345 e. The molecular formula is C15H9Cl2NO6. The standard InChI is InChI=1S/C15H9Cl2NO6/c16-10-2-1-8(3-11(10)17)6-22-15(19)9-4-13-14(24-7-23-13)5-12(9)18(20)21/h1-5H,6-7H2. The molecule has 0 spiro atoms. The molecule has 0 fully saturated rings. The molecule has 0 aromatic heterocycles. The molecule has 24 heavy (non-hydrogen) atoms. The zero-order chi connectivity index (χ0) is 17.3. The fourth-order valence-corrected chi connectivity index (χ4v) is 2.42. The second-order valence-corrected chi connectivity index (χ2v) is 5.62. The van der Waals surface area contributed by atoms with Gasteiger partial charge >= 0.3 is 5.97 Å². The molecule has 124 valence electrons. The lowest BCUT2D eigenvalue weighted by Crippen LogP contribution is -2.08. The number of fused-ring (bicyclic) bond motifs is 1. The van der Waals surface area contributed by atoms with E-state index in [9.17, 15) is 14.9 Å². The molecule has 1 heterocycles. The SMILES string of the molecule is O=C(OCc1ccc(Cl)c(Cl)c1)c1cc2c(cc1[N+](=O)[O-])OCO2. The summed E-state index contributed by atoms with van der Waals surface area (Å²) in [5, 5.41) is 11.8. The lowest BCUT2D eigenvalue weighted by molar-refractivity contribution is -0.385. The number of carbonyl (C=O) groups excluding carboxylic acids is 1. The van der Waals surface area contributed by atoms with Crippen LogP contribution >= 0.6 is 23.2 Å². The first kappa shape index (κ1) is 16.4. The van der Waals surface area contributed by atoms with E-state index in [1.165, 1.54) is 6.07 Å². The first-order valence-electron chi connectivity index (χ1n) is 6.65. The van der Waals surface area contributed by atoms with Gasteiger partial charge in [0.1, 0.15) is 12.2 Å². The molecule has 7 nitrogen and oxygen atoms in total. The van der Waals surface area contributed by atoms with E-state index in [1.54, 1.807) is 18.2 Å². The highest BCUT2D eigenvalue weighted by molar-refractivity contribution is 6.42. The van der Waals surface area contributed by atoms with Crippen molar-refractivity contribution in [3.63, 3.8) is 0 Å². The van der Waals surface area contributed by atoms with Crippen molar-refractivity contribution in [2.45, 2.75) is 6.61 Å². The Bertz CT molecular complexity index is 839. The predicted octanol–water partition coefficient (Wildman–Crippen LogP) is 3.99. The fraction of sp³-hybridized carbons (Fsp3) is 0.133. The highest BCUT2D eigenvalue weighted by atomic mass is 35.5. The minimum atomic E-state index is -0.855. The van der Waals surface area contributed by atoms with Crippen LogP contribution in [-0.4, -0.2) is 17.7 Å². The van der Waals surface area contributed by atoms with Crippen molar-refractivity contribution in [1.82, 2.24) is 0 Å². The van der Waals surface area contributed by atoms with Gasteiger partial charge in [-0.25, -0.2) is 4.79 Å². The van der Waals surface area contributed by atoms with E-state index in [4.69, 9.17) is 37.4 Å². The van der Waals surface area contributed by atoms with E-state index in [-0.39, 0.29) is 30.5 Å². The van der Waals surface area contributed by atoms with Crippen LogP contribution in [0.4, 0.5) is 5.69 Å². The molecule has 0 unspecified atom stereocenters. The summed E-state index contributed by atoms with van der Waals surface area (Å²) in [6.07, 6.45) is 0. The summed E-state index contributed by atoms with van der Waals surface area (Å²) in [6, 6.07) is 7.12. The maximum atomic E-state index is 12.2. The van der Waals surface area contributed by atoms with Gasteiger partial charge in [0.05, 0.1) is 21.0 Å². The third-order valence-corrected chi connectivity index (χ3v) is 4.00. The Morgan fingerprint density at radius 3 is 2.54 bits per heavy atom. The molecule has 0 bridgehead atoms. The Morgan fingerprint density at radius 2 is 1.88 bits per heavy atom. The number of ether oxygens (including phenoxy) is 3. The number of halogens is 2. The smallest absolute Gasteiger partial charge is 0.345 e. The maximum absolute atomic E-state index is 12.2. The van der Waals surface area contributed by atoms with E-state index in [1.807, 2.05) is 0 Å². The minimum Gasteiger partial charge on any atom is -0.457 e. The lowest BCUT2D eigenvalue weighted by atomic mass is 10.1. The molecule has 0 radical (unpaired) electrons. The quantitative estimate of drug-likeness (QED) is 0.460. The molecule has 0 N–H and O–H groups in total. The summed E-state index contributed by atoms with van der Waals surface area (Å²) in [5.74, 6) is -0.393. The van der Waals surface area contributed by atoms with Crippen LogP contribution in [0, 0.1) is 10.1 Å². The average molecular weight is 370 g/mol. The van der Waals surface area contributed by atoms with Gasteiger partial charge in [-0.3, -0.25) is 10.1 Å². The van der Waals surface area contributed by atoms with E-state index < -0.39 is 16.6 Å². The highest BCUT2D eigenvalue weighted by Crippen LogP contribution is 2.38. The Balaban J connectivity index is 1.81. The molecular weight excluding hydrogens is 361 g/mol. The number of hydrogen-bond acceptors (Lipinski definition) is 6. The van der Waals surface area contributed by atoms with Gasteiger partial charge in [0, 0.05) is 6.07 Å². The zero-order valence-electron chi connectivity index (χ0n) is 12.0. The number of nitrogens with zero attached hydrogens (tertiary/aromatic N) is 1. The molecule has 0 amide bonds. The highest BCUT2D eigenvalue weighted by Gasteiger charge is 2.28. The molecule has 0 aliphatic carbocycles. The molecule has 1 aliphatic rings. The summed E-state index contributed by atoms with van der Waals surface area (Å²) in [4.78, 5) is 22.7. The summed E-state index contributed by atoms with van der Waals surface area (Å²) in [5.41, 5.74) is -0.0381. The Hall–Kier alpha value is -2.51. The second-order valence-electron chi connectivity index (χ2n) is 4.80. The monoisotopic (exact) mass is 369 g/mol.